The normalized spacial score (nSPS) is 10.8. The van der Waals surface area contributed by atoms with Crippen LogP contribution in [0.5, 0.6) is 0 Å². The average molecular weight is 323 g/mol. The molecule has 0 fully saturated rings. The zero-order chi connectivity index (χ0) is 14.9. The van der Waals surface area contributed by atoms with Crippen molar-refractivity contribution in [2.75, 3.05) is 6.54 Å². The highest BCUT2D eigenvalue weighted by molar-refractivity contribution is 5.99. The van der Waals surface area contributed by atoms with Gasteiger partial charge >= 0.3 is 0 Å². The SMILES string of the molecule is Cl.NCCc1c[nH]c2ccc(-c3cccc4ccccc34)cc12. The third-order valence-electron chi connectivity index (χ3n) is 4.28. The van der Waals surface area contributed by atoms with Crippen LogP contribution in [0.1, 0.15) is 5.56 Å². The van der Waals surface area contributed by atoms with E-state index >= 15 is 0 Å². The monoisotopic (exact) mass is 322 g/mol. The van der Waals surface area contributed by atoms with Gasteiger partial charge in [0.1, 0.15) is 0 Å². The van der Waals surface area contributed by atoms with Crippen LogP contribution in [0.4, 0.5) is 0 Å². The molecule has 3 N–H and O–H groups in total. The molecule has 1 aromatic heterocycles. The molecule has 116 valence electrons. The summed E-state index contributed by atoms with van der Waals surface area (Å²) in [6, 6.07) is 21.6. The number of aromatic amines is 1. The fourth-order valence-corrected chi connectivity index (χ4v) is 3.19. The summed E-state index contributed by atoms with van der Waals surface area (Å²) in [4.78, 5) is 3.33. The van der Waals surface area contributed by atoms with Crippen LogP contribution in [0.25, 0.3) is 32.8 Å². The number of nitrogens with two attached hydrogens (primary N) is 1. The van der Waals surface area contributed by atoms with Crippen molar-refractivity contribution >= 4 is 34.1 Å². The maximum Gasteiger partial charge on any atom is 0.0457 e. The molecule has 2 nitrogen and oxygen atoms in total. The summed E-state index contributed by atoms with van der Waals surface area (Å²) in [5.41, 5.74) is 10.7. The predicted octanol–water partition coefficient (Wildman–Crippen LogP) is 4.91. The maximum atomic E-state index is 5.72. The largest absolute Gasteiger partial charge is 0.361 e. The molecule has 1 heterocycles. The zero-order valence-electron chi connectivity index (χ0n) is 12.8. The molecule has 0 radical (unpaired) electrons. The van der Waals surface area contributed by atoms with Crippen LogP contribution in [-0.2, 0) is 6.42 Å². The summed E-state index contributed by atoms with van der Waals surface area (Å²) < 4.78 is 0. The standard InChI is InChI=1S/C20H18N2.ClH/c21-11-10-16-13-22-20-9-8-15(12-19(16)20)18-7-3-5-14-4-1-2-6-17(14)18;/h1-9,12-13,22H,10-11,21H2;1H. The lowest BCUT2D eigenvalue weighted by atomic mass is 9.96. The highest BCUT2D eigenvalue weighted by Crippen LogP contribution is 2.31. The molecule has 23 heavy (non-hydrogen) atoms. The fraction of sp³-hybridized carbons (Fsp3) is 0.100. The number of nitrogens with one attached hydrogen (secondary N) is 1. The average Bonchev–Trinajstić information content (AvgIpc) is 2.97. The van der Waals surface area contributed by atoms with Crippen molar-refractivity contribution in [1.29, 1.82) is 0 Å². The minimum atomic E-state index is 0. The number of H-pyrrole nitrogens is 1. The Balaban J connectivity index is 0.00000156. The predicted molar refractivity (Wildman–Crippen MR) is 101 cm³/mol. The Morgan fingerprint density at radius 2 is 1.70 bits per heavy atom. The minimum absolute atomic E-state index is 0. The molecule has 0 saturated carbocycles. The molecule has 0 aliphatic carbocycles. The molecule has 4 rings (SSSR count). The number of aromatic nitrogens is 1. The van der Waals surface area contributed by atoms with Crippen molar-refractivity contribution in [3.05, 3.63) is 72.4 Å². The number of fused-ring (bicyclic) bond motifs is 2. The van der Waals surface area contributed by atoms with Crippen molar-refractivity contribution in [2.45, 2.75) is 6.42 Å². The summed E-state index contributed by atoms with van der Waals surface area (Å²) >= 11 is 0. The van der Waals surface area contributed by atoms with E-state index in [1.807, 2.05) is 0 Å². The molecule has 0 amide bonds. The molecule has 3 heteroatoms. The molecule has 0 unspecified atom stereocenters. The third kappa shape index (κ3) is 2.72. The number of halogens is 1. The molecule has 3 aromatic carbocycles. The van der Waals surface area contributed by atoms with Gasteiger partial charge < -0.3 is 10.7 Å². The van der Waals surface area contributed by atoms with Gasteiger partial charge in [0.05, 0.1) is 0 Å². The van der Waals surface area contributed by atoms with Gasteiger partial charge in [-0.05, 0) is 52.6 Å². The first-order valence-corrected chi connectivity index (χ1v) is 7.65. The van der Waals surface area contributed by atoms with Crippen LogP contribution in [0.15, 0.2) is 66.9 Å². The Labute approximate surface area is 141 Å². The summed E-state index contributed by atoms with van der Waals surface area (Å²) in [6.07, 6.45) is 2.98. The summed E-state index contributed by atoms with van der Waals surface area (Å²) in [5, 5.41) is 3.84. The molecule has 0 bridgehead atoms. The van der Waals surface area contributed by atoms with E-state index in [4.69, 9.17) is 5.73 Å². The van der Waals surface area contributed by atoms with Crippen LogP contribution in [0.3, 0.4) is 0 Å². The van der Waals surface area contributed by atoms with Crippen LogP contribution in [0.2, 0.25) is 0 Å². The van der Waals surface area contributed by atoms with Gasteiger partial charge in [0, 0.05) is 17.1 Å². The van der Waals surface area contributed by atoms with E-state index in [9.17, 15) is 0 Å². The molecular weight excluding hydrogens is 304 g/mol. The van der Waals surface area contributed by atoms with E-state index < -0.39 is 0 Å². The summed E-state index contributed by atoms with van der Waals surface area (Å²) in [5.74, 6) is 0. The van der Waals surface area contributed by atoms with E-state index in [0.29, 0.717) is 6.54 Å². The highest BCUT2D eigenvalue weighted by Gasteiger charge is 2.07. The molecule has 0 spiro atoms. The van der Waals surface area contributed by atoms with Gasteiger partial charge in [0.25, 0.3) is 0 Å². The maximum absolute atomic E-state index is 5.72. The lowest BCUT2D eigenvalue weighted by Crippen LogP contribution is -2.01. The molecule has 0 aliphatic heterocycles. The van der Waals surface area contributed by atoms with Gasteiger partial charge in [-0.3, -0.25) is 0 Å². The van der Waals surface area contributed by atoms with Gasteiger partial charge in [0.2, 0.25) is 0 Å². The van der Waals surface area contributed by atoms with Crippen LogP contribution in [-0.4, -0.2) is 11.5 Å². The third-order valence-corrected chi connectivity index (χ3v) is 4.28. The van der Waals surface area contributed by atoms with Crippen molar-refractivity contribution < 1.29 is 0 Å². The van der Waals surface area contributed by atoms with E-state index in [-0.39, 0.29) is 12.4 Å². The Morgan fingerprint density at radius 3 is 2.57 bits per heavy atom. The van der Waals surface area contributed by atoms with Crippen molar-refractivity contribution in [3.63, 3.8) is 0 Å². The van der Waals surface area contributed by atoms with Gasteiger partial charge in [0.15, 0.2) is 0 Å². The first kappa shape index (κ1) is 15.6. The zero-order valence-corrected chi connectivity index (χ0v) is 13.6. The summed E-state index contributed by atoms with van der Waals surface area (Å²) in [7, 11) is 0. The number of rotatable bonds is 3. The van der Waals surface area contributed by atoms with Crippen molar-refractivity contribution in [1.82, 2.24) is 4.98 Å². The van der Waals surface area contributed by atoms with Gasteiger partial charge in [-0.15, -0.1) is 12.4 Å². The molecule has 4 aromatic rings. The Hall–Kier alpha value is -2.29. The minimum Gasteiger partial charge on any atom is -0.361 e. The molecule has 0 aliphatic rings. The first-order chi connectivity index (χ1) is 10.9. The number of hydrogen-bond acceptors (Lipinski definition) is 1. The van der Waals surface area contributed by atoms with Gasteiger partial charge in [-0.25, -0.2) is 0 Å². The Kier molecular flexibility index (Phi) is 4.37. The van der Waals surface area contributed by atoms with Crippen LogP contribution < -0.4 is 5.73 Å². The number of hydrogen-bond donors (Lipinski definition) is 2. The van der Waals surface area contributed by atoms with Crippen LogP contribution in [0, 0.1) is 0 Å². The molecule has 0 saturated heterocycles. The molecule has 0 atom stereocenters. The fourth-order valence-electron chi connectivity index (χ4n) is 3.19. The smallest absolute Gasteiger partial charge is 0.0457 e. The van der Waals surface area contributed by atoms with E-state index in [0.717, 1.165) is 6.42 Å². The van der Waals surface area contributed by atoms with Crippen molar-refractivity contribution in [3.8, 4) is 11.1 Å². The van der Waals surface area contributed by atoms with Gasteiger partial charge in [-0.2, -0.15) is 0 Å². The Morgan fingerprint density at radius 1 is 0.870 bits per heavy atom. The summed E-state index contributed by atoms with van der Waals surface area (Å²) in [6.45, 7) is 0.672. The van der Waals surface area contributed by atoms with Crippen LogP contribution >= 0.6 is 12.4 Å². The lowest BCUT2D eigenvalue weighted by molar-refractivity contribution is 0.976. The topological polar surface area (TPSA) is 41.8 Å². The second kappa shape index (κ2) is 6.45. The van der Waals surface area contributed by atoms with E-state index in [2.05, 4.69) is 71.8 Å². The second-order valence-electron chi connectivity index (χ2n) is 5.64. The van der Waals surface area contributed by atoms with E-state index in [1.165, 1.54) is 38.4 Å². The molecular formula is C20H19ClN2. The second-order valence-corrected chi connectivity index (χ2v) is 5.64. The lowest BCUT2D eigenvalue weighted by Gasteiger charge is -2.08. The first-order valence-electron chi connectivity index (χ1n) is 7.65. The van der Waals surface area contributed by atoms with Gasteiger partial charge in [-0.1, -0.05) is 48.5 Å². The van der Waals surface area contributed by atoms with E-state index in [1.54, 1.807) is 0 Å². The quantitative estimate of drug-likeness (QED) is 0.553. The number of benzene rings is 3. The van der Waals surface area contributed by atoms with Crippen molar-refractivity contribution in [2.24, 2.45) is 5.73 Å². The highest BCUT2D eigenvalue weighted by atomic mass is 35.5. The Bertz CT molecular complexity index is 951.